The van der Waals surface area contributed by atoms with E-state index in [1.807, 2.05) is 36.4 Å². The fraction of sp³-hybridized carbons (Fsp3) is 0.182. The molecule has 4 nitrogen and oxygen atoms in total. The number of hydrogen-bond donors (Lipinski definition) is 2. The smallest absolute Gasteiger partial charge is 0.151 e. The highest BCUT2D eigenvalue weighted by atomic mass is 79.9. The van der Waals surface area contributed by atoms with Gasteiger partial charge in [-0.2, -0.15) is 0 Å². The summed E-state index contributed by atoms with van der Waals surface area (Å²) in [6.07, 6.45) is 2.10. The zero-order valence-corrected chi connectivity index (χ0v) is 16.8. The molecule has 0 spiro atoms. The fourth-order valence-corrected chi connectivity index (χ4v) is 3.76. The van der Waals surface area contributed by atoms with Crippen LogP contribution < -0.4 is 0 Å². The zero-order chi connectivity index (χ0) is 19.0. The van der Waals surface area contributed by atoms with E-state index in [-0.39, 0.29) is 0 Å². The summed E-state index contributed by atoms with van der Waals surface area (Å²) in [6.45, 7) is 4.13. The number of aromatic nitrogens is 3. The lowest BCUT2D eigenvalue weighted by atomic mass is 9.85. The average molecular weight is 422 g/mol. The van der Waals surface area contributed by atoms with Gasteiger partial charge in [-0.15, -0.1) is 0 Å². The van der Waals surface area contributed by atoms with E-state index in [1.54, 1.807) is 6.20 Å². The monoisotopic (exact) mass is 421 g/mol. The van der Waals surface area contributed by atoms with Gasteiger partial charge in [0.05, 0.1) is 11.0 Å². The minimum Gasteiger partial charge on any atom is -0.377 e. The molecule has 0 aliphatic carbocycles. The minimum atomic E-state index is -1.30. The molecule has 2 N–H and O–H groups in total. The van der Waals surface area contributed by atoms with Crippen molar-refractivity contribution >= 4 is 27.0 Å². The molecule has 1 unspecified atom stereocenters. The van der Waals surface area contributed by atoms with Crippen LogP contribution in [0.4, 0.5) is 0 Å². The summed E-state index contributed by atoms with van der Waals surface area (Å²) in [6, 6.07) is 17.8. The molecule has 5 heteroatoms. The van der Waals surface area contributed by atoms with E-state index in [4.69, 9.17) is 4.98 Å². The molecular formula is C22H20BrN3O. The summed E-state index contributed by atoms with van der Waals surface area (Å²) in [5, 5.41) is 11.9. The van der Waals surface area contributed by atoms with Crippen molar-refractivity contribution in [2.75, 3.05) is 0 Å². The zero-order valence-electron chi connectivity index (χ0n) is 15.2. The SMILES string of the molecule is Cc1ccc(C)c(CC(O)(c2ccnc(Br)c2)c2nc3ccccc3[nH]2)c1. The Kier molecular flexibility index (Phi) is 4.58. The molecule has 4 rings (SSSR count). The maximum Gasteiger partial charge on any atom is 0.151 e. The van der Waals surface area contributed by atoms with Gasteiger partial charge in [0.15, 0.2) is 5.60 Å². The van der Waals surface area contributed by atoms with Gasteiger partial charge in [-0.1, -0.05) is 35.9 Å². The van der Waals surface area contributed by atoms with Crippen LogP contribution in [0.25, 0.3) is 11.0 Å². The Hall–Kier alpha value is -2.50. The van der Waals surface area contributed by atoms with Crippen LogP contribution >= 0.6 is 15.9 Å². The predicted molar refractivity (Wildman–Crippen MR) is 111 cm³/mol. The number of nitrogens with zero attached hydrogens (tertiary/aromatic N) is 2. The Morgan fingerprint density at radius 2 is 1.89 bits per heavy atom. The van der Waals surface area contributed by atoms with Crippen LogP contribution in [0.5, 0.6) is 0 Å². The van der Waals surface area contributed by atoms with Crippen LogP contribution in [0.1, 0.15) is 28.1 Å². The Labute approximate surface area is 166 Å². The predicted octanol–water partition coefficient (Wildman–Crippen LogP) is 4.82. The van der Waals surface area contributed by atoms with Crippen molar-refractivity contribution in [1.29, 1.82) is 0 Å². The standard InChI is InChI=1S/C22H20BrN3O/c1-14-7-8-15(2)16(11-14)13-22(27,17-9-10-24-20(23)12-17)21-25-18-5-3-4-6-19(18)26-21/h3-12,27H,13H2,1-2H3,(H,25,26). The van der Waals surface area contributed by atoms with E-state index < -0.39 is 5.60 Å². The number of imidazole rings is 1. The van der Waals surface area contributed by atoms with Gasteiger partial charge in [0.2, 0.25) is 0 Å². The van der Waals surface area contributed by atoms with E-state index in [0.29, 0.717) is 16.8 Å². The second-order valence-corrected chi connectivity index (χ2v) is 7.75. The molecule has 2 heterocycles. The molecule has 27 heavy (non-hydrogen) atoms. The number of H-pyrrole nitrogens is 1. The van der Waals surface area contributed by atoms with Crippen molar-refractivity contribution in [3.63, 3.8) is 0 Å². The van der Waals surface area contributed by atoms with E-state index in [1.165, 1.54) is 5.56 Å². The summed E-state index contributed by atoms with van der Waals surface area (Å²) in [5.74, 6) is 0.530. The molecule has 136 valence electrons. The van der Waals surface area contributed by atoms with Crippen molar-refractivity contribution in [3.05, 3.63) is 93.5 Å². The van der Waals surface area contributed by atoms with Crippen LogP contribution in [0.15, 0.2) is 65.4 Å². The Bertz CT molecular complexity index is 1090. The number of rotatable bonds is 4. The van der Waals surface area contributed by atoms with Crippen LogP contribution in [-0.4, -0.2) is 20.1 Å². The van der Waals surface area contributed by atoms with E-state index >= 15 is 0 Å². The van der Waals surface area contributed by atoms with Gasteiger partial charge in [0.1, 0.15) is 10.4 Å². The average Bonchev–Trinajstić information content (AvgIpc) is 3.09. The molecule has 2 aromatic heterocycles. The minimum absolute atomic E-state index is 0.413. The molecule has 0 aliphatic rings. The summed E-state index contributed by atoms with van der Waals surface area (Å²) in [5.41, 5.74) is 4.57. The molecule has 4 aromatic rings. The molecule has 0 saturated carbocycles. The molecule has 2 aromatic carbocycles. The molecular weight excluding hydrogens is 402 g/mol. The maximum absolute atomic E-state index is 11.9. The summed E-state index contributed by atoms with van der Waals surface area (Å²) >= 11 is 3.42. The number of aryl methyl sites for hydroxylation is 2. The number of para-hydroxylation sites is 2. The number of halogens is 1. The van der Waals surface area contributed by atoms with Crippen molar-refractivity contribution < 1.29 is 5.11 Å². The van der Waals surface area contributed by atoms with Gasteiger partial charge in [-0.05, 0) is 70.7 Å². The first-order valence-corrected chi connectivity index (χ1v) is 9.61. The van der Waals surface area contributed by atoms with Crippen molar-refractivity contribution in [2.45, 2.75) is 25.9 Å². The molecule has 0 bridgehead atoms. The first kappa shape index (κ1) is 17.9. The highest BCUT2D eigenvalue weighted by molar-refractivity contribution is 9.10. The molecule has 0 radical (unpaired) electrons. The first-order chi connectivity index (χ1) is 13.0. The van der Waals surface area contributed by atoms with Crippen molar-refractivity contribution in [1.82, 2.24) is 15.0 Å². The van der Waals surface area contributed by atoms with Crippen molar-refractivity contribution in [3.8, 4) is 0 Å². The van der Waals surface area contributed by atoms with E-state index in [0.717, 1.165) is 27.7 Å². The third-order valence-corrected chi connectivity index (χ3v) is 5.37. The van der Waals surface area contributed by atoms with Crippen LogP contribution in [-0.2, 0) is 12.0 Å². The lowest BCUT2D eigenvalue weighted by Crippen LogP contribution is -2.32. The Morgan fingerprint density at radius 1 is 1.07 bits per heavy atom. The van der Waals surface area contributed by atoms with Crippen LogP contribution in [0.2, 0.25) is 0 Å². The number of aliphatic hydroxyl groups is 1. The lowest BCUT2D eigenvalue weighted by Gasteiger charge is -2.28. The fourth-order valence-electron chi connectivity index (χ4n) is 3.40. The highest BCUT2D eigenvalue weighted by Crippen LogP contribution is 2.34. The lowest BCUT2D eigenvalue weighted by molar-refractivity contribution is 0.0723. The third-order valence-electron chi connectivity index (χ3n) is 4.94. The highest BCUT2D eigenvalue weighted by Gasteiger charge is 2.36. The summed E-state index contributed by atoms with van der Waals surface area (Å²) in [7, 11) is 0. The normalized spacial score (nSPS) is 13.6. The number of nitrogens with one attached hydrogen (secondary N) is 1. The summed E-state index contributed by atoms with van der Waals surface area (Å²) in [4.78, 5) is 12.2. The number of aromatic amines is 1. The van der Waals surface area contributed by atoms with Gasteiger partial charge < -0.3 is 10.1 Å². The molecule has 0 amide bonds. The second-order valence-electron chi connectivity index (χ2n) is 6.94. The third kappa shape index (κ3) is 3.40. The molecule has 1 atom stereocenters. The summed E-state index contributed by atoms with van der Waals surface area (Å²) < 4.78 is 0.676. The van der Waals surface area contributed by atoms with Gasteiger partial charge in [-0.25, -0.2) is 9.97 Å². The largest absolute Gasteiger partial charge is 0.377 e. The van der Waals surface area contributed by atoms with E-state index in [9.17, 15) is 5.11 Å². The maximum atomic E-state index is 11.9. The van der Waals surface area contributed by atoms with Crippen LogP contribution in [0, 0.1) is 13.8 Å². The van der Waals surface area contributed by atoms with Gasteiger partial charge in [0.25, 0.3) is 0 Å². The van der Waals surface area contributed by atoms with Gasteiger partial charge in [-0.3, -0.25) is 0 Å². The Balaban J connectivity index is 1.90. The van der Waals surface area contributed by atoms with Crippen LogP contribution in [0.3, 0.4) is 0 Å². The number of pyridine rings is 1. The Morgan fingerprint density at radius 3 is 2.67 bits per heavy atom. The molecule has 0 aliphatic heterocycles. The topological polar surface area (TPSA) is 61.8 Å². The molecule has 0 fully saturated rings. The quantitative estimate of drug-likeness (QED) is 0.464. The second kappa shape index (κ2) is 6.91. The number of benzene rings is 2. The van der Waals surface area contributed by atoms with Gasteiger partial charge in [0, 0.05) is 12.6 Å². The van der Waals surface area contributed by atoms with E-state index in [2.05, 4.69) is 57.9 Å². The van der Waals surface area contributed by atoms with Crippen molar-refractivity contribution in [2.24, 2.45) is 0 Å². The number of fused-ring (bicyclic) bond motifs is 1. The number of hydrogen-bond acceptors (Lipinski definition) is 3. The van der Waals surface area contributed by atoms with Gasteiger partial charge >= 0.3 is 0 Å². The first-order valence-electron chi connectivity index (χ1n) is 8.81. The molecule has 0 saturated heterocycles.